The first-order chi connectivity index (χ1) is 10.7. The first-order valence-corrected chi connectivity index (χ1v) is 6.75. The van der Waals surface area contributed by atoms with Crippen molar-refractivity contribution in [1.29, 1.82) is 0 Å². The zero-order valence-electron chi connectivity index (χ0n) is 11.9. The molecule has 0 atom stereocenters. The molecule has 0 aliphatic rings. The number of hydrogen-bond donors (Lipinski definition) is 2. The molecule has 3 aromatic rings. The Morgan fingerprint density at radius 2 is 1.50 bits per heavy atom. The van der Waals surface area contributed by atoms with Crippen LogP contribution in [0.25, 0.3) is 0 Å². The minimum atomic E-state index is -0.292. The molecule has 5 nitrogen and oxygen atoms in total. The first kappa shape index (κ1) is 13.9. The van der Waals surface area contributed by atoms with Crippen molar-refractivity contribution in [2.24, 2.45) is 0 Å². The summed E-state index contributed by atoms with van der Waals surface area (Å²) in [6.07, 6.45) is 1.54. The van der Waals surface area contributed by atoms with Crippen LogP contribution in [0, 0.1) is 12.7 Å². The molecule has 6 heteroatoms. The summed E-state index contributed by atoms with van der Waals surface area (Å²) in [5.74, 6) is 0.617. The molecule has 2 aromatic carbocycles. The number of rotatable bonds is 4. The molecule has 1 aromatic heterocycles. The van der Waals surface area contributed by atoms with E-state index in [0.29, 0.717) is 17.5 Å². The number of aryl methyl sites for hydroxylation is 1. The Labute approximate surface area is 127 Å². The van der Waals surface area contributed by atoms with E-state index in [1.165, 1.54) is 23.9 Å². The largest absolute Gasteiger partial charge is 0.339 e. The summed E-state index contributed by atoms with van der Waals surface area (Å²) in [5.41, 5.74) is 2.79. The average Bonchev–Trinajstić information content (AvgIpc) is 2.52. The van der Waals surface area contributed by atoms with Crippen LogP contribution in [0.5, 0.6) is 0 Å². The molecule has 0 saturated heterocycles. The quantitative estimate of drug-likeness (QED) is 0.766. The lowest BCUT2D eigenvalue weighted by Gasteiger charge is -2.08. The van der Waals surface area contributed by atoms with Gasteiger partial charge in [-0.3, -0.25) is 0 Å². The van der Waals surface area contributed by atoms with Gasteiger partial charge in [-0.1, -0.05) is 17.7 Å². The Bertz CT molecular complexity index is 693. The van der Waals surface area contributed by atoms with Gasteiger partial charge in [0, 0.05) is 11.4 Å². The number of anilines is 4. The number of nitrogens with one attached hydrogen (secondary N) is 2. The molecule has 0 fully saturated rings. The number of nitrogens with zero attached hydrogens (tertiary/aromatic N) is 3. The van der Waals surface area contributed by atoms with E-state index in [0.717, 1.165) is 5.69 Å². The summed E-state index contributed by atoms with van der Waals surface area (Å²) in [5, 5.41) is 13.9. The SMILES string of the molecule is Cc1ccc(Nc2cnnc(Nc3ccc(F)cc3)n2)cc1. The van der Waals surface area contributed by atoms with Crippen LogP contribution in [-0.2, 0) is 0 Å². The van der Waals surface area contributed by atoms with Crippen LogP contribution in [0.4, 0.5) is 27.5 Å². The van der Waals surface area contributed by atoms with Crippen molar-refractivity contribution in [1.82, 2.24) is 15.2 Å². The summed E-state index contributed by atoms with van der Waals surface area (Å²) >= 11 is 0. The van der Waals surface area contributed by atoms with E-state index in [4.69, 9.17) is 0 Å². The van der Waals surface area contributed by atoms with Gasteiger partial charge < -0.3 is 10.6 Å². The molecule has 3 rings (SSSR count). The van der Waals surface area contributed by atoms with Gasteiger partial charge in [0.1, 0.15) is 5.82 Å². The molecule has 2 N–H and O–H groups in total. The number of halogens is 1. The Kier molecular flexibility index (Phi) is 3.91. The summed E-state index contributed by atoms with van der Waals surface area (Å²) in [4.78, 5) is 4.32. The predicted octanol–water partition coefficient (Wildman–Crippen LogP) is 3.81. The van der Waals surface area contributed by atoms with E-state index in [9.17, 15) is 4.39 Å². The molecule has 110 valence electrons. The van der Waals surface area contributed by atoms with Crippen molar-refractivity contribution in [2.75, 3.05) is 10.6 Å². The molecule has 0 aliphatic heterocycles. The smallest absolute Gasteiger partial charge is 0.249 e. The second-order valence-electron chi connectivity index (χ2n) is 4.79. The molecule has 0 saturated carbocycles. The van der Waals surface area contributed by atoms with Crippen LogP contribution < -0.4 is 10.6 Å². The van der Waals surface area contributed by atoms with Gasteiger partial charge in [-0.05, 0) is 43.3 Å². The van der Waals surface area contributed by atoms with Crippen LogP contribution in [-0.4, -0.2) is 15.2 Å². The van der Waals surface area contributed by atoms with Gasteiger partial charge in [-0.25, -0.2) is 4.39 Å². The molecule has 0 aliphatic carbocycles. The second kappa shape index (κ2) is 6.17. The highest BCUT2D eigenvalue weighted by atomic mass is 19.1. The van der Waals surface area contributed by atoms with Crippen molar-refractivity contribution < 1.29 is 4.39 Å². The number of hydrogen-bond acceptors (Lipinski definition) is 5. The highest BCUT2D eigenvalue weighted by molar-refractivity contribution is 5.58. The summed E-state index contributed by atoms with van der Waals surface area (Å²) in [7, 11) is 0. The first-order valence-electron chi connectivity index (χ1n) is 6.75. The molecule has 0 radical (unpaired) electrons. The Balaban J connectivity index is 1.74. The number of benzene rings is 2. The maximum absolute atomic E-state index is 12.9. The zero-order chi connectivity index (χ0) is 15.4. The predicted molar refractivity (Wildman–Crippen MR) is 84.0 cm³/mol. The molecular weight excluding hydrogens is 281 g/mol. The fraction of sp³-hybridized carbons (Fsp3) is 0.0625. The van der Waals surface area contributed by atoms with Crippen LogP contribution in [0.15, 0.2) is 54.7 Å². The fourth-order valence-electron chi connectivity index (χ4n) is 1.86. The average molecular weight is 295 g/mol. The van der Waals surface area contributed by atoms with E-state index >= 15 is 0 Å². The van der Waals surface area contributed by atoms with Crippen LogP contribution in [0.3, 0.4) is 0 Å². The maximum Gasteiger partial charge on any atom is 0.249 e. The second-order valence-corrected chi connectivity index (χ2v) is 4.79. The van der Waals surface area contributed by atoms with E-state index < -0.39 is 0 Å². The van der Waals surface area contributed by atoms with Crippen LogP contribution in [0.1, 0.15) is 5.56 Å². The normalized spacial score (nSPS) is 10.3. The van der Waals surface area contributed by atoms with Gasteiger partial charge in [0.2, 0.25) is 5.95 Å². The lowest BCUT2D eigenvalue weighted by molar-refractivity contribution is 0.628. The summed E-state index contributed by atoms with van der Waals surface area (Å²) in [6, 6.07) is 13.9. The van der Waals surface area contributed by atoms with Crippen molar-refractivity contribution in [2.45, 2.75) is 6.92 Å². The lowest BCUT2D eigenvalue weighted by Crippen LogP contribution is -2.02. The van der Waals surface area contributed by atoms with Crippen LogP contribution in [0.2, 0.25) is 0 Å². The number of aromatic nitrogens is 3. The molecule has 0 spiro atoms. The van der Waals surface area contributed by atoms with Gasteiger partial charge in [0.15, 0.2) is 5.82 Å². The van der Waals surface area contributed by atoms with Gasteiger partial charge >= 0.3 is 0 Å². The third-order valence-corrected chi connectivity index (χ3v) is 2.98. The van der Waals surface area contributed by atoms with Crippen molar-refractivity contribution in [3.8, 4) is 0 Å². The van der Waals surface area contributed by atoms with E-state index in [-0.39, 0.29) is 5.82 Å². The Morgan fingerprint density at radius 1 is 0.864 bits per heavy atom. The van der Waals surface area contributed by atoms with Crippen molar-refractivity contribution in [3.63, 3.8) is 0 Å². The van der Waals surface area contributed by atoms with Gasteiger partial charge in [0.05, 0.1) is 6.20 Å². The Hall–Kier alpha value is -3.02. The molecule has 1 heterocycles. The standard InChI is InChI=1S/C16H14FN5/c1-11-2-6-13(7-3-11)19-15-10-18-22-16(21-15)20-14-8-4-12(17)5-9-14/h2-10H,1H3,(H2,19,20,21,22). The monoisotopic (exact) mass is 295 g/mol. The van der Waals surface area contributed by atoms with E-state index in [2.05, 4.69) is 25.8 Å². The minimum Gasteiger partial charge on any atom is -0.339 e. The fourth-order valence-corrected chi connectivity index (χ4v) is 1.86. The third-order valence-electron chi connectivity index (χ3n) is 2.98. The van der Waals surface area contributed by atoms with Crippen LogP contribution >= 0.6 is 0 Å². The van der Waals surface area contributed by atoms with Gasteiger partial charge in [-0.15, -0.1) is 5.10 Å². The van der Waals surface area contributed by atoms with E-state index in [1.54, 1.807) is 12.1 Å². The molecular formula is C16H14FN5. The molecule has 0 bridgehead atoms. The van der Waals surface area contributed by atoms with Gasteiger partial charge in [-0.2, -0.15) is 10.1 Å². The molecule has 0 unspecified atom stereocenters. The molecule has 22 heavy (non-hydrogen) atoms. The minimum absolute atomic E-state index is 0.292. The summed E-state index contributed by atoms with van der Waals surface area (Å²) < 4.78 is 12.9. The van der Waals surface area contributed by atoms with E-state index in [1.807, 2.05) is 31.2 Å². The topological polar surface area (TPSA) is 62.7 Å². The maximum atomic E-state index is 12.9. The zero-order valence-corrected chi connectivity index (χ0v) is 11.9. The third kappa shape index (κ3) is 3.54. The molecule has 0 amide bonds. The summed E-state index contributed by atoms with van der Waals surface area (Å²) in [6.45, 7) is 2.03. The lowest BCUT2D eigenvalue weighted by atomic mass is 10.2. The van der Waals surface area contributed by atoms with Gasteiger partial charge in [0.25, 0.3) is 0 Å². The highest BCUT2D eigenvalue weighted by Gasteiger charge is 2.02. The Morgan fingerprint density at radius 3 is 2.23 bits per heavy atom. The van der Waals surface area contributed by atoms with Crippen molar-refractivity contribution in [3.05, 3.63) is 66.1 Å². The van der Waals surface area contributed by atoms with Crippen molar-refractivity contribution >= 4 is 23.1 Å². The highest BCUT2D eigenvalue weighted by Crippen LogP contribution is 2.17.